The van der Waals surface area contributed by atoms with Crippen molar-refractivity contribution in [3.8, 4) is 5.75 Å². The maximum Gasteiger partial charge on any atom is 0.308 e. The van der Waals surface area contributed by atoms with Crippen molar-refractivity contribution in [2.75, 3.05) is 0 Å². The summed E-state index contributed by atoms with van der Waals surface area (Å²) >= 11 is 0. The van der Waals surface area contributed by atoms with Crippen LogP contribution in [0.15, 0.2) is 12.1 Å². The zero-order valence-electron chi connectivity index (χ0n) is 15.8. The summed E-state index contributed by atoms with van der Waals surface area (Å²) < 4.78 is 5.66. The van der Waals surface area contributed by atoms with Gasteiger partial charge in [0, 0.05) is 18.1 Å². The van der Waals surface area contributed by atoms with E-state index < -0.39 is 0 Å². The van der Waals surface area contributed by atoms with Crippen molar-refractivity contribution in [3.05, 3.63) is 28.8 Å². The van der Waals surface area contributed by atoms with Gasteiger partial charge in [0.15, 0.2) is 0 Å². The van der Waals surface area contributed by atoms with E-state index in [0.29, 0.717) is 5.92 Å². The molecule has 0 saturated heterocycles. The minimum absolute atomic E-state index is 0.0751. The molecule has 0 N–H and O–H groups in total. The third-order valence-corrected chi connectivity index (χ3v) is 4.15. The highest BCUT2D eigenvalue weighted by atomic mass is 16.5. The number of hydrogen-bond acceptors (Lipinski definition) is 2. The molecule has 0 aliphatic rings. The number of rotatable bonds is 3. The second kappa shape index (κ2) is 6.44. The molecule has 1 aromatic rings. The Balaban J connectivity index is 3.73. The minimum Gasteiger partial charge on any atom is -0.426 e. The SMILES string of the molecule is CCC(C)c1cc(C(C)(C)C)c(OC(C)=O)c(C(C)(C)C)c1. The predicted octanol–water partition coefficient (Wildman–Crippen LogP) is 5.72. The van der Waals surface area contributed by atoms with Crippen LogP contribution in [0, 0.1) is 0 Å². The van der Waals surface area contributed by atoms with Crippen LogP contribution in [0.3, 0.4) is 0 Å². The van der Waals surface area contributed by atoms with Gasteiger partial charge in [0.1, 0.15) is 5.75 Å². The molecule has 0 heterocycles. The molecule has 0 aliphatic heterocycles. The first-order valence-electron chi connectivity index (χ1n) is 8.25. The molecular formula is C20H32O2. The van der Waals surface area contributed by atoms with Gasteiger partial charge in [-0.3, -0.25) is 4.79 Å². The lowest BCUT2D eigenvalue weighted by Gasteiger charge is -2.30. The molecule has 22 heavy (non-hydrogen) atoms. The molecule has 0 spiro atoms. The van der Waals surface area contributed by atoms with Gasteiger partial charge in [-0.05, 0) is 28.7 Å². The average Bonchev–Trinajstić information content (AvgIpc) is 2.34. The van der Waals surface area contributed by atoms with Gasteiger partial charge < -0.3 is 4.74 Å². The summed E-state index contributed by atoms with van der Waals surface area (Å²) in [5, 5.41) is 0. The third kappa shape index (κ3) is 4.34. The normalized spacial score (nSPS) is 13.9. The fourth-order valence-corrected chi connectivity index (χ4v) is 2.54. The highest BCUT2D eigenvalue weighted by molar-refractivity contribution is 5.71. The van der Waals surface area contributed by atoms with E-state index in [4.69, 9.17) is 4.74 Å². The van der Waals surface area contributed by atoms with Gasteiger partial charge in [0.05, 0.1) is 0 Å². The lowest BCUT2D eigenvalue weighted by molar-refractivity contribution is -0.132. The van der Waals surface area contributed by atoms with Gasteiger partial charge in [-0.2, -0.15) is 0 Å². The number of carbonyl (C=O) groups is 1. The smallest absolute Gasteiger partial charge is 0.308 e. The Labute approximate surface area is 136 Å². The third-order valence-electron chi connectivity index (χ3n) is 4.15. The molecule has 0 aliphatic carbocycles. The van der Waals surface area contributed by atoms with Gasteiger partial charge >= 0.3 is 5.97 Å². The summed E-state index contributed by atoms with van der Waals surface area (Å²) in [4.78, 5) is 11.6. The molecular weight excluding hydrogens is 272 g/mol. The number of ether oxygens (including phenoxy) is 1. The Hall–Kier alpha value is -1.31. The number of esters is 1. The molecule has 1 aromatic carbocycles. The second-order valence-electron chi connectivity index (χ2n) is 8.35. The Morgan fingerprint density at radius 2 is 1.45 bits per heavy atom. The molecule has 124 valence electrons. The first-order chi connectivity index (χ1) is 9.87. The first-order valence-corrected chi connectivity index (χ1v) is 8.25. The average molecular weight is 304 g/mol. The first kappa shape index (κ1) is 18.7. The van der Waals surface area contributed by atoms with E-state index in [9.17, 15) is 4.79 Å². The van der Waals surface area contributed by atoms with Crippen molar-refractivity contribution >= 4 is 5.97 Å². The maximum absolute atomic E-state index is 11.6. The monoisotopic (exact) mass is 304 g/mol. The molecule has 0 bridgehead atoms. The zero-order chi connectivity index (χ0) is 17.3. The second-order valence-corrected chi connectivity index (χ2v) is 8.35. The Morgan fingerprint density at radius 1 is 1.05 bits per heavy atom. The molecule has 0 saturated carbocycles. The standard InChI is InChI=1S/C20H32O2/c1-10-13(2)15-11-16(19(4,5)6)18(22-14(3)21)17(12-15)20(7,8)9/h11-13H,10H2,1-9H3. The topological polar surface area (TPSA) is 26.3 Å². The number of hydrogen-bond donors (Lipinski definition) is 0. The molecule has 1 unspecified atom stereocenters. The largest absolute Gasteiger partial charge is 0.426 e. The van der Waals surface area contributed by atoms with Gasteiger partial charge in [-0.15, -0.1) is 0 Å². The fourth-order valence-electron chi connectivity index (χ4n) is 2.54. The Bertz CT molecular complexity index is 507. The molecule has 0 fully saturated rings. The summed E-state index contributed by atoms with van der Waals surface area (Å²) in [5.74, 6) is 0.987. The van der Waals surface area contributed by atoms with Crippen LogP contribution in [-0.4, -0.2) is 5.97 Å². The van der Waals surface area contributed by atoms with Crippen LogP contribution in [-0.2, 0) is 15.6 Å². The highest BCUT2D eigenvalue weighted by Gasteiger charge is 2.29. The van der Waals surface area contributed by atoms with E-state index >= 15 is 0 Å². The van der Waals surface area contributed by atoms with E-state index in [1.165, 1.54) is 12.5 Å². The van der Waals surface area contributed by atoms with Crippen LogP contribution in [0.4, 0.5) is 0 Å². The minimum atomic E-state index is -0.257. The summed E-state index contributed by atoms with van der Waals surface area (Å²) in [7, 11) is 0. The van der Waals surface area contributed by atoms with E-state index in [-0.39, 0.29) is 16.8 Å². The maximum atomic E-state index is 11.6. The highest BCUT2D eigenvalue weighted by Crippen LogP contribution is 2.42. The van der Waals surface area contributed by atoms with E-state index in [1.807, 2.05) is 0 Å². The van der Waals surface area contributed by atoms with Gasteiger partial charge in [-0.25, -0.2) is 0 Å². The van der Waals surface area contributed by atoms with Crippen LogP contribution in [0.1, 0.15) is 91.3 Å². The lowest BCUT2D eigenvalue weighted by Crippen LogP contribution is -2.22. The van der Waals surface area contributed by atoms with Crippen molar-refractivity contribution in [3.63, 3.8) is 0 Å². The molecule has 2 heteroatoms. The summed E-state index contributed by atoms with van der Waals surface area (Å²) in [6.07, 6.45) is 1.10. The van der Waals surface area contributed by atoms with Crippen molar-refractivity contribution < 1.29 is 9.53 Å². The fraction of sp³-hybridized carbons (Fsp3) is 0.650. The van der Waals surface area contributed by atoms with Crippen LogP contribution in [0.25, 0.3) is 0 Å². The quantitative estimate of drug-likeness (QED) is 0.527. The molecule has 1 atom stereocenters. The van der Waals surface area contributed by atoms with Gasteiger partial charge in [0.25, 0.3) is 0 Å². The molecule has 2 nitrogen and oxygen atoms in total. The van der Waals surface area contributed by atoms with Gasteiger partial charge in [-0.1, -0.05) is 67.5 Å². The summed E-state index contributed by atoms with van der Waals surface area (Å²) in [5.41, 5.74) is 3.41. The van der Waals surface area contributed by atoms with Crippen LogP contribution < -0.4 is 4.74 Å². The van der Waals surface area contributed by atoms with E-state index in [2.05, 4.69) is 67.5 Å². The molecule has 0 amide bonds. The number of benzene rings is 1. The van der Waals surface area contributed by atoms with Crippen LogP contribution in [0.5, 0.6) is 5.75 Å². The Morgan fingerprint density at radius 3 is 1.73 bits per heavy atom. The van der Waals surface area contributed by atoms with E-state index in [0.717, 1.165) is 23.3 Å². The van der Waals surface area contributed by atoms with Crippen LogP contribution >= 0.6 is 0 Å². The van der Waals surface area contributed by atoms with Crippen LogP contribution in [0.2, 0.25) is 0 Å². The van der Waals surface area contributed by atoms with Crippen molar-refractivity contribution in [1.29, 1.82) is 0 Å². The van der Waals surface area contributed by atoms with Crippen molar-refractivity contribution in [1.82, 2.24) is 0 Å². The molecule has 0 aromatic heterocycles. The van der Waals surface area contributed by atoms with Crippen molar-refractivity contribution in [2.24, 2.45) is 0 Å². The predicted molar refractivity (Wildman–Crippen MR) is 93.9 cm³/mol. The Kier molecular flexibility index (Phi) is 5.48. The summed E-state index contributed by atoms with van der Waals surface area (Å²) in [6.45, 7) is 18.9. The van der Waals surface area contributed by atoms with Crippen molar-refractivity contribution in [2.45, 2.75) is 85.5 Å². The lowest BCUT2D eigenvalue weighted by atomic mass is 9.77. The summed E-state index contributed by atoms with van der Waals surface area (Å²) in [6, 6.07) is 4.45. The van der Waals surface area contributed by atoms with E-state index in [1.54, 1.807) is 0 Å². The molecule has 1 rings (SSSR count). The number of carbonyl (C=O) groups excluding carboxylic acids is 1. The zero-order valence-corrected chi connectivity index (χ0v) is 15.8. The molecule has 0 radical (unpaired) electrons. The van der Waals surface area contributed by atoms with Gasteiger partial charge in [0.2, 0.25) is 0 Å².